The van der Waals surface area contributed by atoms with Crippen LogP contribution >= 0.6 is 0 Å². The maximum absolute atomic E-state index is 13.6. The van der Waals surface area contributed by atoms with Gasteiger partial charge in [0, 0.05) is 22.9 Å². The second kappa shape index (κ2) is 7.90. The maximum Gasteiger partial charge on any atom is 0.373 e. The molecule has 1 aromatic heterocycles. The second-order valence-corrected chi connectivity index (χ2v) is 10.4. The number of nitrogens with one attached hydrogen (secondary N) is 1. The van der Waals surface area contributed by atoms with Gasteiger partial charge in [0.25, 0.3) is 0 Å². The molecule has 5 rings (SSSR count). The summed E-state index contributed by atoms with van der Waals surface area (Å²) in [6.45, 7) is 8.21. The molecule has 1 amide bonds. The average molecular weight is 473 g/mol. The summed E-state index contributed by atoms with van der Waals surface area (Å²) >= 11 is 0. The van der Waals surface area contributed by atoms with Gasteiger partial charge in [-0.2, -0.15) is 0 Å². The van der Waals surface area contributed by atoms with Crippen molar-refractivity contribution in [3.8, 4) is 0 Å². The molecule has 180 valence electrons. The third-order valence-electron chi connectivity index (χ3n) is 8.54. The fraction of sp³-hybridized carbons (Fsp3) is 0.357. The molecule has 35 heavy (non-hydrogen) atoms. The van der Waals surface area contributed by atoms with Crippen molar-refractivity contribution in [3.63, 3.8) is 0 Å². The average Bonchev–Trinajstić information content (AvgIpc) is 3.13. The molecule has 2 saturated carbocycles. The number of fused-ring (bicyclic) bond motifs is 3. The van der Waals surface area contributed by atoms with Crippen molar-refractivity contribution in [2.24, 2.45) is 21.4 Å². The highest BCUT2D eigenvalue weighted by atomic mass is 16.7. The normalized spacial score (nSPS) is 25.7. The van der Waals surface area contributed by atoms with Gasteiger partial charge in [0.1, 0.15) is 11.1 Å². The molecule has 0 aliphatic heterocycles. The van der Waals surface area contributed by atoms with Gasteiger partial charge in [-0.1, -0.05) is 56.3 Å². The molecule has 2 unspecified atom stereocenters. The number of amides is 1. The van der Waals surface area contributed by atoms with Crippen LogP contribution in [0.1, 0.15) is 56.0 Å². The topological polar surface area (TPSA) is 98.0 Å². The zero-order valence-electron chi connectivity index (χ0n) is 20.3. The molecule has 3 aromatic rings. The molecule has 2 aliphatic carbocycles. The van der Waals surface area contributed by atoms with E-state index in [2.05, 4.69) is 31.2 Å². The number of carbonyl (C=O) groups excluding carboxylic acids is 2. The van der Waals surface area contributed by atoms with E-state index in [1.165, 1.54) is 6.07 Å². The van der Waals surface area contributed by atoms with Gasteiger partial charge in [0.15, 0.2) is 0 Å². The van der Waals surface area contributed by atoms with E-state index in [4.69, 9.17) is 9.25 Å². The number of aryl methyl sites for hydroxylation is 1. The Morgan fingerprint density at radius 1 is 1.03 bits per heavy atom. The smallest absolute Gasteiger partial charge is 0.373 e. The van der Waals surface area contributed by atoms with Crippen LogP contribution in [0.15, 0.2) is 69.0 Å². The summed E-state index contributed by atoms with van der Waals surface area (Å²) in [6.07, 6.45) is 1.85. The Hall–Kier alpha value is -3.74. The SMILES string of the molecule is Cc1cccc(NC(=O)C23CCC(C)(/C(=N/OC(=O)c4cc5ccccc5oc4=O)C2)C3(C)C)c1. The third kappa shape index (κ3) is 3.40. The van der Waals surface area contributed by atoms with Crippen molar-refractivity contribution >= 4 is 34.2 Å². The fourth-order valence-corrected chi connectivity index (χ4v) is 5.85. The summed E-state index contributed by atoms with van der Waals surface area (Å²) in [5.41, 5.74) is 0.361. The van der Waals surface area contributed by atoms with Crippen LogP contribution in [-0.4, -0.2) is 17.6 Å². The molecular formula is C28H28N2O5. The monoisotopic (exact) mass is 472 g/mol. The minimum Gasteiger partial charge on any atom is -0.422 e. The number of nitrogens with zero attached hydrogens (tertiary/aromatic N) is 1. The van der Waals surface area contributed by atoms with Crippen molar-refractivity contribution in [2.75, 3.05) is 5.32 Å². The van der Waals surface area contributed by atoms with Crippen molar-refractivity contribution in [3.05, 3.63) is 76.1 Å². The van der Waals surface area contributed by atoms with E-state index >= 15 is 0 Å². The third-order valence-corrected chi connectivity index (χ3v) is 8.54. The van der Waals surface area contributed by atoms with E-state index in [9.17, 15) is 14.4 Å². The van der Waals surface area contributed by atoms with Crippen molar-refractivity contribution in [1.29, 1.82) is 0 Å². The van der Waals surface area contributed by atoms with Crippen LogP contribution in [0.3, 0.4) is 0 Å². The number of hydrogen-bond acceptors (Lipinski definition) is 6. The molecule has 2 atom stereocenters. The lowest BCUT2D eigenvalue weighted by Gasteiger charge is -2.39. The zero-order chi connectivity index (χ0) is 25.0. The number of hydrogen-bond donors (Lipinski definition) is 1. The predicted octanol–water partition coefficient (Wildman–Crippen LogP) is 5.47. The predicted molar refractivity (Wildman–Crippen MR) is 133 cm³/mol. The number of anilines is 1. The van der Waals surface area contributed by atoms with Gasteiger partial charge in [-0.3, -0.25) is 4.79 Å². The molecule has 7 nitrogen and oxygen atoms in total. The minimum atomic E-state index is -0.876. The summed E-state index contributed by atoms with van der Waals surface area (Å²) in [5, 5.41) is 7.94. The largest absolute Gasteiger partial charge is 0.422 e. The molecule has 1 N–H and O–H groups in total. The van der Waals surface area contributed by atoms with Crippen LogP contribution in [0.25, 0.3) is 11.0 Å². The molecule has 2 bridgehead atoms. The van der Waals surface area contributed by atoms with Crippen molar-refractivity contribution in [2.45, 2.75) is 47.0 Å². The Kier molecular flexibility index (Phi) is 5.20. The molecule has 0 spiro atoms. The van der Waals surface area contributed by atoms with E-state index in [-0.39, 0.29) is 11.5 Å². The summed E-state index contributed by atoms with van der Waals surface area (Å²) < 4.78 is 5.24. The highest BCUT2D eigenvalue weighted by molar-refractivity contribution is 6.06. The second-order valence-electron chi connectivity index (χ2n) is 10.4. The first-order valence-corrected chi connectivity index (χ1v) is 11.8. The first-order valence-electron chi connectivity index (χ1n) is 11.8. The van der Waals surface area contributed by atoms with E-state index in [0.717, 1.165) is 24.1 Å². The molecular weight excluding hydrogens is 444 g/mol. The van der Waals surface area contributed by atoms with Crippen LogP contribution in [0.4, 0.5) is 5.69 Å². The van der Waals surface area contributed by atoms with Gasteiger partial charge >= 0.3 is 11.6 Å². The first kappa shape index (κ1) is 23.0. The maximum atomic E-state index is 13.6. The number of carbonyl (C=O) groups is 2. The van der Waals surface area contributed by atoms with Gasteiger partial charge < -0.3 is 14.6 Å². The van der Waals surface area contributed by atoms with Crippen molar-refractivity contribution < 1.29 is 18.8 Å². The minimum absolute atomic E-state index is 0.0523. The van der Waals surface area contributed by atoms with Gasteiger partial charge in [-0.25, -0.2) is 9.59 Å². The lowest BCUT2D eigenvalue weighted by Crippen LogP contribution is -2.43. The number of benzene rings is 2. The van der Waals surface area contributed by atoms with Crippen LogP contribution in [0.5, 0.6) is 0 Å². The molecule has 0 radical (unpaired) electrons. The highest BCUT2D eigenvalue weighted by Gasteiger charge is 2.71. The molecule has 1 heterocycles. The quantitative estimate of drug-likeness (QED) is 0.308. The summed E-state index contributed by atoms with van der Waals surface area (Å²) in [6, 6.07) is 16.1. The molecule has 7 heteroatoms. The zero-order valence-corrected chi connectivity index (χ0v) is 20.3. The molecule has 2 aliphatic rings. The van der Waals surface area contributed by atoms with Crippen LogP contribution in [-0.2, 0) is 9.63 Å². The van der Waals surface area contributed by atoms with Gasteiger partial charge in [0.2, 0.25) is 5.91 Å². The Morgan fingerprint density at radius 2 is 1.80 bits per heavy atom. The van der Waals surface area contributed by atoms with Crippen LogP contribution in [0, 0.1) is 23.2 Å². The Balaban J connectivity index is 1.42. The lowest BCUT2D eigenvalue weighted by molar-refractivity contribution is -0.130. The van der Waals surface area contributed by atoms with Crippen molar-refractivity contribution in [1.82, 2.24) is 0 Å². The summed E-state index contributed by atoms with van der Waals surface area (Å²) in [7, 11) is 0. The van der Waals surface area contributed by atoms with E-state index in [1.807, 2.05) is 31.2 Å². The van der Waals surface area contributed by atoms with E-state index < -0.39 is 27.8 Å². The van der Waals surface area contributed by atoms with Gasteiger partial charge in [-0.05, 0) is 55.0 Å². The van der Waals surface area contributed by atoms with Crippen LogP contribution in [0.2, 0.25) is 0 Å². The standard InChI is InChI=1S/C28H28N2O5/c1-17-8-7-10-19(14-17)29-25(33)28-13-12-27(4,26(28,2)3)22(16-28)30-35-24(32)20-15-18-9-5-6-11-21(18)34-23(20)31/h5-11,14-15H,12-13,16H2,1-4H3,(H,29,33)/b30-22+. The molecule has 2 aromatic carbocycles. The highest BCUT2D eigenvalue weighted by Crippen LogP contribution is 2.71. The molecule has 2 fully saturated rings. The Labute approximate surface area is 203 Å². The number of para-hydroxylation sites is 1. The fourth-order valence-electron chi connectivity index (χ4n) is 5.85. The Bertz CT molecular complexity index is 1450. The number of oxime groups is 1. The molecule has 0 saturated heterocycles. The Morgan fingerprint density at radius 3 is 2.57 bits per heavy atom. The van der Waals surface area contributed by atoms with Gasteiger partial charge in [0.05, 0.1) is 11.1 Å². The summed E-state index contributed by atoms with van der Waals surface area (Å²) in [5.74, 6) is -0.928. The first-order chi connectivity index (χ1) is 16.6. The van der Waals surface area contributed by atoms with Gasteiger partial charge in [-0.15, -0.1) is 0 Å². The lowest BCUT2D eigenvalue weighted by atomic mass is 9.64. The number of rotatable bonds is 4. The van der Waals surface area contributed by atoms with E-state index in [0.29, 0.717) is 23.1 Å². The summed E-state index contributed by atoms with van der Waals surface area (Å²) in [4.78, 5) is 44.0. The van der Waals surface area contributed by atoms with Crippen LogP contribution < -0.4 is 10.9 Å². The van der Waals surface area contributed by atoms with E-state index in [1.54, 1.807) is 24.3 Å².